The third-order valence-electron chi connectivity index (χ3n) is 4.49. The molecular weight excluding hydrogens is 416 g/mol. The molecule has 1 saturated heterocycles. The van der Waals surface area contributed by atoms with E-state index in [0.29, 0.717) is 30.8 Å². The van der Waals surface area contributed by atoms with Crippen molar-refractivity contribution in [3.8, 4) is 5.75 Å². The number of halogens is 6. The first-order valence-corrected chi connectivity index (χ1v) is 8.91. The molecule has 30 heavy (non-hydrogen) atoms. The fourth-order valence-corrected chi connectivity index (χ4v) is 3.14. The quantitative estimate of drug-likeness (QED) is 0.726. The maximum atomic E-state index is 12.8. The maximum absolute atomic E-state index is 12.8. The van der Waals surface area contributed by atoms with Crippen LogP contribution in [0, 0.1) is 0 Å². The minimum atomic E-state index is -4.79. The van der Waals surface area contributed by atoms with Crippen molar-refractivity contribution in [1.29, 1.82) is 0 Å². The van der Waals surface area contributed by atoms with Crippen LogP contribution in [0.5, 0.6) is 5.75 Å². The van der Waals surface area contributed by atoms with Crippen LogP contribution in [0.3, 0.4) is 0 Å². The third kappa shape index (κ3) is 6.01. The zero-order valence-electron chi connectivity index (χ0n) is 15.4. The van der Waals surface area contributed by atoms with Crippen LogP contribution >= 0.6 is 0 Å². The maximum Gasteiger partial charge on any atom is 0.573 e. The van der Waals surface area contributed by atoms with Crippen LogP contribution in [-0.4, -0.2) is 36.4 Å². The number of nitrogens with one attached hydrogen (secondary N) is 1. The average molecular weight is 433 g/mol. The molecule has 2 aromatic rings. The molecular formula is C19H17F6N3O2. The summed E-state index contributed by atoms with van der Waals surface area (Å²) in [5.41, 5.74) is -0.0220. The molecule has 3 rings (SSSR count). The summed E-state index contributed by atoms with van der Waals surface area (Å²) in [7, 11) is 0. The summed E-state index contributed by atoms with van der Waals surface area (Å²) in [5, 5.41) is 2.79. The molecule has 1 N–H and O–H groups in total. The number of hydrogen-bond donors (Lipinski definition) is 1. The zero-order chi connectivity index (χ0) is 21.9. The Labute approximate surface area is 167 Å². The number of anilines is 1. The predicted molar refractivity (Wildman–Crippen MR) is 94.8 cm³/mol. The number of amides is 1. The number of rotatable bonds is 5. The van der Waals surface area contributed by atoms with Gasteiger partial charge in [-0.1, -0.05) is 12.1 Å². The number of nitrogens with zero attached hydrogens (tertiary/aromatic N) is 2. The van der Waals surface area contributed by atoms with E-state index in [1.54, 1.807) is 4.90 Å². The van der Waals surface area contributed by atoms with Crippen molar-refractivity contribution < 1.29 is 35.9 Å². The Morgan fingerprint density at radius 1 is 1.13 bits per heavy atom. The highest BCUT2D eigenvalue weighted by Crippen LogP contribution is 2.31. The molecule has 1 atom stereocenters. The van der Waals surface area contributed by atoms with E-state index in [0.717, 1.165) is 24.4 Å². The Kier molecular flexibility index (Phi) is 6.09. The van der Waals surface area contributed by atoms with Crippen LogP contribution in [0.4, 0.5) is 32.0 Å². The molecule has 0 saturated carbocycles. The average Bonchev–Trinajstić information content (AvgIpc) is 3.10. The summed E-state index contributed by atoms with van der Waals surface area (Å²) in [5.74, 6) is -0.721. The van der Waals surface area contributed by atoms with E-state index >= 15 is 0 Å². The Morgan fingerprint density at radius 2 is 1.83 bits per heavy atom. The van der Waals surface area contributed by atoms with Gasteiger partial charge in [-0.3, -0.25) is 9.78 Å². The number of aromatic nitrogens is 1. The molecule has 1 amide bonds. The summed E-state index contributed by atoms with van der Waals surface area (Å²) in [4.78, 5) is 17.6. The first-order valence-electron chi connectivity index (χ1n) is 8.91. The first-order chi connectivity index (χ1) is 14.0. The molecule has 1 aliphatic rings. The van der Waals surface area contributed by atoms with E-state index in [4.69, 9.17) is 0 Å². The molecule has 1 aromatic heterocycles. The highest BCUT2D eigenvalue weighted by molar-refractivity contribution is 5.79. The van der Waals surface area contributed by atoms with E-state index in [-0.39, 0.29) is 24.1 Å². The number of carbonyl (C=O) groups is 1. The molecule has 0 spiro atoms. The van der Waals surface area contributed by atoms with Crippen LogP contribution < -0.4 is 15.0 Å². The minimum absolute atomic E-state index is 0.0477. The summed E-state index contributed by atoms with van der Waals surface area (Å²) in [6.45, 7) is 0.782. The van der Waals surface area contributed by atoms with E-state index in [2.05, 4.69) is 15.0 Å². The third-order valence-corrected chi connectivity index (χ3v) is 4.49. The molecule has 11 heteroatoms. The van der Waals surface area contributed by atoms with Gasteiger partial charge >= 0.3 is 12.5 Å². The van der Waals surface area contributed by atoms with Crippen LogP contribution in [0.15, 0.2) is 42.7 Å². The minimum Gasteiger partial charge on any atom is -0.406 e. The molecule has 2 heterocycles. The molecule has 1 aliphatic heterocycles. The topological polar surface area (TPSA) is 54.5 Å². The lowest BCUT2D eigenvalue weighted by atomic mass is 10.1. The number of ether oxygens (including phenoxy) is 1. The SMILES string of the molecule is O=C(Cc1ccc(OC(F)(F)F)cc1)NC1CCN(c2cncc(C(F)(F)F)c2)C1. The first kappa shape index (κ1) is 21.7. The van der Waals surface area contributed by atoms with Gasteiger partial charge < -0.3 is 15.0 Å². The molecule has 0 aliphatic carbocycles. The normalized spacial score (nSPS) is 17.1. The molecule has 0 radical (unpaired) electrons. The Morgan fingerprint density at radius 3 is 2.47 bits per heavy atom. The van der Waals surface area contributed by atoms with E-state index < -0.39 is 18.1 Å². The highest BCUT2D eigenvalue weighted by Gasteiger charge is 2.33. The van der Waals surface area contributed by atoms with E-state index in [1.807, 2.05) is 0 Å². The molecule has 5 nitrogen and oxygen atoms in total. The molecule has 1 aromatic carbocycles. The van der Waals surface area contributed by atoms with Gasteiger partial charge in [0.2, 0.25) is 5.91 Å². The summed E-state index contributed by atoms with van der Waals surface area (Å²) >= 11 is 0. The van der Waals surface area contributed by atoms with E-state index in [9.17, 15) is 31.1 Å². The van der Waals surface area contributed by atoms with Gasteiger partial charge in [0.05, 0.1) is 23.9 Å². The number of benzene rings is 1. The lowest BCUT2D eigenvalue weighted by Gasteiger charge is -2.20. The van der Waals surface area contributed by atoms with Crippen LogP contribution in [0.1, 0.15) is 17.5 Å². The highest BCUT2D eigenvalue weighted by atomic mass is 19.4. The van der Waals surface area contributed by atoms with Crippen molar-refractivity contribution in [3.05, 3.63) is 53.9 Å². The number of alkyl halides is 6. The van der Waals surface area contributed by atoms with Crippen molar-refractivity contribution in [3.63, 3.8) is 0 Å². The van der Waals surface area contributed by atoms with Crippen molar-refractivity contribution in [2.75, 3.05) is 18.0 Å². The second-order valence-corrected chi connectivity index (χ2v) is 6.80. The van der Waals surface area contributed by atoms with E-state index in [1.165, 1.54) is 18.3 Å². The number of pyridine rings is 1. The van der Waals surface area contributed by atoms with Gasteiger partial charge in [-0.2, -0.15) is 13.2 Å². The lowest BCUT2D eigenvalue weighted by molar-refractivity contribution is -0.274. The van der Waals surface area contributed by atoms with Crippen LogP contribution in [0.2, 0.25) is 0 Å². The summed E-state index contributed by atoms with van der Waals surface area (Å²) < 4.78 is 78.8. The van der Waals surface area contributed by atoms with Crippen LogP contribution in [-0.2, 0) is 17.4 Å². The Balaban J connectivity index is 1.52. The van der Waals surface area contributed by atoms with Gasteiger partial charge in [-0.15, -0.1) is 13.2 Å². The fraction of sp³-hybridized carbons (Fsp3) is 0.368. The lowest BCUT2D eigenvalue weighted by Crippen LogP contribution is -2.38. The predicted octanol–water partition coefficient (Wildman–Crippen LogP) is 3.94. The standard InChI is InChI=1S/C19H17F6N3O2/c20-18(21,22)13-8-15(10-26-9-13)28-6-5-14(11-28)27-17(29)7-12-1-3-16(4-2-12)30-19(23,24)25/h1-4,8-10,14H,5-7,11H2,(H,27,29). The number of hydrogen-bond acceptors (Lipinski definition) is 4. The summed E-state index contributed by atoms with van der Waals surface area (Å²) in [6.07, 6.45) is -6.69. The van der Waals surface area contributed by atoms with Gasteiger partial charge in [0.15, 0.2) is 0 Å². The zero-order valence-corrected chi connectivity index (χ0v) is 15.4. The van der Waals surface area contributed by atoms with Crippen molar-refractivity contribution in [2.24, 2.45) is 0 Å². The smallest absolute Gasteiger partial charge is 0.406 e. The summed E-state index contributed by atoms with van der Waals surface area (Å²) in [6, 6.07) is 5.70. The van der Waals surface area contributed by atoms with Gasteiger partial charge in [-0.05, 0) is 30.2 Å². The molecule has 162 valence electrons. The monoisotopic (exact) mass is 433 g/mol. The fourth-order valence-electron chi connectivity index (χ4n) is 3.14. The number of carbonyl (C=O) groups excluding carboxylic acids is 1. The van der Waals surface area contributed by atoms with Gasteiger partial charge in [0, 0.05) is 25.3 Å². The van der Waals surface area contributed by atoms with Crippen molar-refractivity contribution in [2.45, 2.75) is 31.4 Å². The molecule has 0 bridgehead atoms. The van der Waals surface area contributed by atoms with Crippen LogP contribution in [0.25, 0.3) is 0 Å². The van der Waals surface area contributed by atoms with Crippen molar-refractivity contribution in [1.82, 2.24) is 10.3 Å². The second-order valence-electron chi connectivity index (χ2n) is 6.80. The Hall–Kier alpha value is -2.98. The Bertz CT molecular complexity index is 883. The van der Waals surface area contributed by atoms with Gasteiger partial charge in [-0.25, -0.2) is 0 Å². The largest absolute Gasteiger partial charge is 0.573 e. The van der Waals surface area contributed by atoms with Gasteiger partial charge in [0.1, 0.15) is 5.75 Å². The van der Waals surface area contributed by atoms with Gasteiger partial charge in [0.25, 0.3) is 0 Å². The molecule has 1 unspecified atom stereocenters. The van der Waals surface area contributed by atoms with Crippen molar-refractivity contribution >= 4 is 11.6 Å². The molecule has 1 fully saturated rings. The second kappa shape index (κ2) is 8.41.